The Hall–Kier alpha value is -0.910. The zero-order valence-corrected chi connectivity index (χ0v) is 11.8. The number of rotatable bonds is 4. The van der Waals surface area contributed by atoms with Gasteiger partial charge in [-0.05, 0) is 57.4 Å². The predicted octanol–water partition coefficient (Wildman–Crippen LogP) is 3.23. The minimum Gasteiger partial charge on any atom is -0.384 e. The maximum Gasteiger partial charge on any atom is 0.126 e. The number of aromatic nitrogens is 1. The highest BCUT2D eigenvalue weighted by atomic mass is 79.9. The van der Waals surface area contributed by atoms with Gasteiger partial charge in [0, 0.05) is 17.2 Å². The minimum absolute atomic E-state index is 0.429. The van der Waals surface area contributed by atoms with E-state index in [-0.39, 0.29) is 0 Å². The second kappa shape index (κ2) is 5.16. The molecular weight excluding hydrogens is 300 g/mol. The van der Waals surface area contributed by atoms with Crippen LogP contribution >= 0.6 is 27.3 Å². The molecule has 3 nitrogen and oxygen atoms in total. The van der Waals surface area contributed by atoms with E-state index in [0.29, 0.717) is 6.54 Å². The number of thiophene rings is 1. The Morgan fingerprint density at radius 2 is 2.29 bits per heavy atom. The molecule has 2 heterocycles. The third kappa shape index (κ3) is 3.28. The topological polar surface area (TPSA) is 45.1 Å². The van der Waals surface area contributed by atoms with Crippen LogP contribution in [0.15, 0.2) is 39.6 Å². The van der Waals surface area contributed by atoms with Gasteiger partial charge >= 0.3 is 0 Å². The minimum atomic E-state index is -0.880. The molecule has 0 spiro atoms. The van der Waals surface area contributed by atoms with Gasteiger partial charge in [-0.2, -0.15) is 11.3 Å². The average molecular weight is 313 g/mol. The van der Waals surface area contributed by atoms with Gasteiger partial charge in [0.2, 0.25) is 0 Å². The molecule has 0 aromatic carbocycles. The molecule has 0 bridgehead atoms. The van der Waals surface area contributed by atoms with Crippen LogP contribution in [0.3, 0.4) is 0 Å². The largest absolute Gasteiger partial charge is 0.384 e. The standard InChI is InChI=1S/C12H13BrN2OS/c1-12(16,9-4-5-17-7-9)8-15-11-3-2-10(13)6-14-11/h2-7,16H,8H2,1H3,(H,14,15). The summed E-state index contributed by atoms with van der Waals surface area (Å²) in [5.41, 5.74) is 0.0430. The summed E-state index contributed by atoms with van der Waals surface area (Å²) >= 11 is 4.91. The Kier molecular flexibility index (Phi) is 3.81. The maximum absolute atomic E-state index is 10.3. The zero-order chi connectivity index (χ0) is 12.3. The van der Waals surface area contributed by atoms with Crippen LogP contribution in [0.1, 0.15) is 12.5 Å². The summed E-state index contributed by atoms with van der Waals surface area (Å²) in [5, 5.41) is 17.3. The first-order chi connectivity index (χ1) is 8.08. The lowest BCUT2D eigenvalue weighted by atomic mass is 9.99. The molecule has 0 amide bonds. The van der Waals surface area contributed by atoms with E-state index in [1.165, 1.54) is 0 Å². The molecular formula is C12H13BrN2OS. The molecule has 5 heteroatoms. The second-order valence-electron chi connectivity index (χ2n) is 4.00. The van der Waals surface area contributed by atoms with Gasteiger partial charge in [-0.25, -0.2) is 4.98 Å². The lowest BCUT2D eigenvalue weighted by Gasteiger charge is -2.23. The van der Waals surface area contributed by atoms with Crippen LogP contribution < -0.4 is 5.32 Å². The van der Waals surface area contributed by atoms with Gasteiger partial charge in [0.25, 0.3) is 0 Å². The first-order valence-corrected chi connectivity index (χ1v) is 6.92. The van der Waals surface area contributed by atoms with Crippen molar-refractivity contribution in [2.45, 2.75) is 12.5 Å². The van der Waals surface area contributed by atoms with E-state index in [1.807, 2.05) is 29.0 Å². The third-order valence-electron chi connectivity index (χ3n) is 2.48. The van der Waals surface area contributed by atoms with Crippen LogP contribution in [-0.2, 0) is 5.60 Å². The highest BCUT2D eigenvalue weighted by Crippen LogP contribution is 2.23. The zero-order valence-electron chi connectivity index (χ0n) is 9.35. The number of aliphatic hydroxyl groups is 1. The van der Waals surface area contributed by atoms with E-state index < -0.39 is 5.60 Å². The number of nitrogens with zero attached hydrogens (tertiary/aromatic N) is 1. The average Bonchev–Trinajstić information content (AvgIpc) is 2.82. The van der Waals surface area contributed by atoms with Gasteiger partial charge < -0.3 is 10.4 Å². The number of halogens is 1. The van der Waals surface area contributed by atoms with Crippen molar-refractivity contribution in [3.05, 3.63) is 45.2 Å². The Morgan fingerprint density at radius 3 is 2.88 bits per heavy atom. The molecule has 0 fully saturated rings. The number of anilines is 1. The van der Waals surface area contributed by atoms with Crippen LogP contribution in [0.4, 0.5) is 5.82 Å². The number of nitrogens with one attached hydrogen (secondary N) is 1. The van der Waals surface area contributed by atoms with Crippen molar-refractivity contribution in [2.75, 3.05) is 11.9 Å². The Labute approximate surface area is 113 Å². The van der Waals surface area contributed by atoms with E-state index >= 15 is 0 Å². The SMILES string of the molecule is CC(O)(CNc1ccc(Br)cn1)c1ccsc1. The fourth-order valence-corrected chi connectivity index (χ4v) is 2.43. The van der Waals surface area contributed by atoms with Gasteiger partial charge in [-0.1, -0.05) is 0 Å². The quantitative estimate of drug-likeness (QED) is 0.911. The van der Waals surface area contributed by atoms with Crippen LogP contribution in [-0.4, -0.2) is 16.6 Å². The number of hydrogen-bond acceptors (Lipinski definition) is 4. The van der Waals surface area contributed by atoms with Crippen molar-refractivity contribution in [1.29, 1.82) is 0 Å². The monoisotopic (exact) mass is 312 g/mol. The summed E-state index contributed by atoms with van der Waals surface area (Å²) in [5.74, 6) is 0.753. The van der Waals surface area contributed by atoms with Crippen molar-refractivity contribution in [1.82, 2.24) is 4.98 Å². The van der Waals surface area contributed by atoms with E-state index in [2.05, 4.69) is 26.2 Å². The second-order valence-corrected chi connectivity index (χ2v) is 5.70. The Balaban J connectivity index is 2.00. The van der Waals surface area contributed by atoms with E-state index in [0.717, 1.165) is 15.9 Å². The van der Waals surface area contributed by atoms with E-state index in [1.54, 1.807) is 24.5 Å². The third-order valence-corrected chi connectivity index (χ3v) is 3.64. The maximum atomic E-state index is 10.3. The number of hydrogen-bond donors (Lipinski definition) is 2. The summed E-state index contributed by atoms with van der Waals surface area (Å²) in [7, 11) is 0. The van der Waals surface area contributed by atoms with Gasteiger partial charge in [-0.3, -0.25) is 0 Å². The molecule has 2 N–H and O–H groups in total. The molecule has 0 aliphatic heterocycles. The summed E-state index contributed by atoms with van der Waals surface area (Å²) in [6.07, 6.45) is 1.72. The van der Waals surface area contributed by atoms with E-state index in [4.69, 9.17) is 0 Å². The Bertz CT molecular complexity index is 468. The summed E-state index contributed by atoms with van der Waals surface area (Å²) in [4.78, 5) is 4.20. The molecule has 0 saturated carbocycles. The molecule has 2 aromatic rings. The summed E-state index contributed by atoms with van der Waals surface area (Å²) < 4.78 is 0.938. The van der Waals surface area contributed by atoms with Crippen molar-refractivity contribution in [3.63, 3.8) is 0 Å². The van der Waals surface area contributed by atoms with Gasteiger partial charge in [0.05, 0.1) is 0 Å². The lowest BCUT2D eigenvalue weighted by Crippen LogP contribution is -2.30. The van der Waals surface area contributed by atoms with Gasteiger partial charge in [0.1, 0.15) is 11.4 Å². The van der Waals surface area contributed by atoms with Crippen molar-refractivity contribution in [3.8, 4) is 0 Å². The molecule has 17 heavy (non-hydrogen) atoms. The fourth-order valence-electron chi connectivity index (χ4n) is 1.42. The van der Waals surface area contributed by atoms with Gasteiger partial charge in [0.15, 0.2) is 0 Å². The van der Waals surface area contributed by atoms with Crippen molar-refractivity contribution in [2.24, 2.45) is 0 Å². The molecule has 0 aliphatic rings. The molecule has 2 rings (SSSR count). The summed E-state index contributed by atoms with van der Waals surface area (Å²) in [6, 6.07) is 5.71. The molecule has 1 atom stereocenters. The van der Waals surface area contributed by atoms with Crippen molar-refractivity contribution < 1.29 is 5.11 Å². The number of pyridine rings is 1. The van der Waals surface area contributed by atoms with Crippen molar-refractivity contribution >= 4 is 33.1 Å². The molecule has 1 unspecified atom stereocenters. The fraction of sp³-hybridized carbons (Fsp3) is 0.250. The highest BCUT2D eigenvalue weighted by Gasteiger charge is 2.23. The lowest BCUT2D eigenvalue weighted by molar-refractivity contribution is 0.0719. The molecule has 90 valence electrons. The normalized spacial score (nSPS) is 14.3. The van der Waals surface area contributed by atoms with Crippen LogP contribution in [0.25, 0.3) is 0 Å². The summed E-state index contributed by atoms with van der Waals surface area (Å²) in [6.45, 7) is 2.22. The molecule has 0 aliphatic carbocycles. The molecule has 0 saturated heterocycles. The first-order valence-electron chi connectivity index (χ1n) is 5.18. The first kappa shape index (κ1) is 12.5. The van der Waals surface area contributed by atoms with Gasteiger partial charge in [-0.15, -0.1) is 0 Å². The van der Waals surface area contributed by atoms with Crippen LogP contribution in [0.2, 0.25) is 0 Å². The molecule has 0 radical (unpaired) electrons. The highest BCUT2D eigenvalue weighted by molar-refractivity contribution is 9.10. The molecule has 2 aromatic heterocycles. The smallest absolute Gasteiger partial charge is 0.126 e. The van der Waals surface area contributed by atoms with E-state index in [9.17, 15) is 5.11 Å². The predicted molar refractivity (Wildman–Crippen MR) is 74.3 cm³/mol. The van der Waals surface area contributed by atoms with Crippen LogP contribution in [0, 0.1) is 0 Å². The van der Waals surface area contributed by atoms with Crippen LogP contribution in [0.5, 0.6) is 0 Å². The Morgan fingerprint density at radius 1 is 1.47 bits per heavy atom.